The molecule has 0 aliphatic carbocycles. The van der Waals surface area contributed by atoms with E-state index in [9.17, 15) is 19.8 Å². The third-order valence-corrected chi connectivity index (χ3v) is 19.8. The summed E-state index contributed by atoms with van der Waals surface area (Å²) in [4.78, 5) is 24.7. The molecular weight excluding hydrogens is 1090 g/mol. The van der Waals surface area contributed by atoms with Gasteiger partial charge in [-0.25, -0.2) is 0 Å². The van der Waals surface area contributed by atoms with Crippen LogP contribution in [-0.4, -0.2) is 47.4 Å². The van der Waals surface area contributed by atoms with Crippen molar-refractivity contribution in [3.05, 3.63) is 12.2 Å². The molecule has 0 bridgehead atoms. The zero-order valence-corrected chi connectivity index (χ0v) is 61.0. The van der Waals surface area contributed by atoms with Crippen LogP contribution in [-0.2, 0) is 14.3 Å². The number of esters is 1. The van der Waals surface area contributed by atoms with Crippen LogP contribution in [0.2, 0.25) is 0 Å². The maximum atomic E-state index is 12.6. The van der Waals surface area contributed by atoms with Crippen LogP contribution in [0.25, 0.3) is 0 Å². The van der Waals surface area contributed by atoms with Crippen LogP contribution in [0, 0.1) is 0 Å². The lowest BCUT2D eigenvalue weighted by atomic mass is 10.0. The second-order valence-corrected chi connectivity index (χ2v) is 28.8. The number of hydrogen-bond acceptors (Lipinski definition) is 5. The summed E-state index contributed by atoms with van der Waals surface area (Å²) >= 11 is 0. The predicted molar refractivity (Wildman–Crippen MR) is 394 cm³/mol. The van der Waals surface area contributed by atoms with Gasteiger partial charge in [0.25, 0.3) is 0 Å². The highest BCUT2D eigenvalue weighted by atomic mass is 16.5. The van der Waals surface area contributed by atoms with Crippen molar-refractivity contribution < 1.29 is 24.5 Å². The average molecular weight is 1260 g/mol. The van der Waals surface area contributed by atoms with Gasteiger partial charge in [0.05, 0.1) is 25.4 Å². The lowest BCUT2D eigenvalue weighted by Crippen LogP contribution is -2.45. The normalized spacial score (nSPS) is 12.4. The number of rotatable bonds is 79. The van der Waals surface area contributed by atoms with Crippen LogP contribution in [0.4, 0.5) is 0 Å². The number of carbonyl (C=O) groups excluding carboxylic acids is 2. The van der Waals surface area contributed by atoms with Gasteiger partial charge in [-0.05, 0) is 51.4 Å². The van der Waals surface area contributed by atoms with Crippen LogP contribution < -0.4 is 5.32 Å². The van der Waals surface area contributed by atoms with E-state index in [0.29, 0.717) is 25.9 Å². The Balaban J connectivity index is 3.29. The molecule has 530 valence electrons. The van der Waals surface area contributed by atoms with Crippen molar-refractivity contribution in [3.8, 4) is 0 Å². The first-order valence-corrected chi connectivity index (χ1v) is 41.4. The van der Waals surface area contributed by atoms with Gasteiger partial charge in [-0.1, -0.05) is 431 Å². The van der Waals surface area contributed by atoms with E-state index in [4.69, 9.17) is 4.74 Å². The Hall–Kier alpha value is -1.40. The minimum Gasteiger partial charge on any atom is -0.466 e. The number of aliphatic hydroxyl groups is 2. The van der Waals surface area contributed by atoms with Gasteiger partial charge in [-0.3, -0.25) is 9.59 Å². The summed E-state index contributed by atoms with van der Waals surface area (Å²) in [6, 6.07) is -0.537. The molecule has 2 atom stereocenters. The van der Waals surface area contributed by atoms with Gasteiger partial charge in [-0.15, -0.1) is 0 Å². The van der Waals surface area contributed by atoms with Gasteiger partial charge in [0.15, 0.2) is 0 Å². The van der Waals surface area contributed by atoms with Gasteiger partial charge in [-0.2, -0.15) is 0 Å². The van der Waals surface area contributed by atoms with Crippen molar-refractivity contribution in [2.24, 2.45) is 0 Å². The highest BCUT2D eigenvalue weighted by molar-refractivity contribution is 5.76. The first-order chi connectivity index (χ1) is 44.0. The van der Waals surface area contributed by atoms with E-state index in [1.807, 2.05) is 0 Å². The topological polar surface area (TPSA) is 95.9 Å². The van der Waals surface area contributed by atoms with E-state index in [1.54, 1.807) is 0 Å². The lowest BCUT2D eigenvalue weighted by molar-refractivity contribution is -0.143. The molecule has 0 fully saturated rings. The lowest BCUT2D eigenvalue weighted by Gasteiger charge is -2.22. The highest BCUT2D eigenvalue weighted by Crippen LogP contribution is 2.21. The minimum absolute atomic E-state index is 0.0213. The molecule has 0 aliphatic rings. The number of allylic oxidation sites excluding steroid dienone is 2. The molecule has 0 saturated carbocycles. The first-order valence-electron chi connectivity index (χ1n) is 41.4. The number of nitrogens with one attached hydrogen (secondary N) is 1. The smallest absolute Gasteiger partial charge is 0.305 e. The summed E-state index contributed by atoms with van der Waals surface area (Å²) in [5.74, 6) is -0.00275. The fraction of sp³-hybridized carbons (Fsp3) is 0.952. The molecule has 3 N–H and O–H groups in total. The summed E-state index contributed by atoms with van der Waals surface area (Å²) in [5.41, 5.74) is 0. The Morgan fingerprint density at radius 1 is 0.303 bits per heavy atom. The Morgan fingerprint density at radius 3 is 0.798 bits per heavy atom. The monoisotopic (exact) mass is 1250 g/mol. The zero-order valence-electron chi connectivity index (χ0n) is 61.0. The molecule has 0 rings (SSSR count). The van der Waals surface area contributed by atoms with Crippen LogP contribution in [0.5, 0.6) is 0 Å². The maximum Gasteiger partial charge on any atom is 0.305 e. The molecule has 89 heavy (non-hydrogen) atoms. The number of unbranched alkanes of at least 4 members (excludes halogenated alkanes) is 66. The molecular formula is C83H163NO5. The third-order valence-electron chi connectivity index (χ3n) is 19.8. The van der Waals surface area contributed by atoms with Crippen LogP contribution in [0.1, 0.15) is 483 Å². The van der Waals surface area contributed by atoms with E-state index >= 15 is 0 Å². The molecule has 2 unspecified atom stereocenters. The number of ether oxygens (including phenoxy) is 1. The average Bonchev–Trinajstić information content (AvgIpc) is 3.68. The summed E-state index contributed by atoms with van der Waals surface area (Å²) in [6.07, 6.45) is 100. The Labute approximate surface area is 559 Å². The summed E-state index contributed by atoms with van der Waals surface area (Å²) in [5, 5.41) is 23.4. The number of amides is 1. The quantitative estimate of drug-likeness (QED) is 0.0320. The minimum atomic E-state index is -0.660. The third kappa shape index (κ3) is 75.5. The van der Waals surface area contributed by atoms with Gasteiger partial charge >= 0.3 is 5.97 Å². The fourth-order valence-electron chi connectivity index (χ4n) is 13.5. The summed E-state index contributed by atoms with van der Waals surface area (Å²) in [7, 11) is 0. The molecule has 6 heteroatoms. The van der Waals surface area contributed by atoms with Crippen LogP contribution in [0.15, 0.2) is 12.2 Å². The SMILES string of the molecule is CCCCCCCC/C=C\CCCCCCCCCC(=O)OCCCCCCCCCCCCCCCCCCCCCCCCCCCCCCCCCCCCCCCC(=O)NC(CO)C(O)CCCCCCCCCCCCCCCCCCCC. The van der Waals surface area contributed by atoms with Crippen molar-refractivity contribution in [3.63, 3.8) is 0 Å². The molecule has 0 saturated heterocycles. The van der Waals surface area contributed by atoms with Gasteiger partial charge < -0.3 is 20.3 Å². The number of hydrogen-bond donors (Lipinski definition) is 3. The molecule has 0 aliphatic heterocycles. The van der Waals surface area contributed by atoms with Gasteiger partial charge in [0, 0.05) is 12.8 Å². The largest absolute Gasteiger partial charge is 0.466 e. The Kier molecular flexibility index (Phi) is 77.8. The molecule has 0 spiro atoms. The predicted octanol–water partition coefficient (Wildman–Crippen LogP) is 27.4. The van der Waals surface area contributed by atoms with Gasteiger partial charge in [0.2, 0.25) is 5.91 Å². The van der Waals surface area contributed by atoms with Crippen LogP contribution in [0.3, 0.4) is 0 Å². The van der Waals surface area contributed by atoms with E-state index in [1.165, 1.54) is 411 Å². The first kappa shape index (κ1) is 87.6. The fourth-order valence-corrected chi connectivity index (χ4v) is 13.5. The number of aliphatic hydroxyl groups excluding tert-OH is 2. The van der Waals surface area contributed by atoms with E-state index in [0.717, 1.165) is 38.5 Å². The van der Waals surface area contributed by atoms with E-state index < -0.39 is 12.1 Å². The second kappa shape index (κ2) is 79.0. The molecule has 0 heterocycles. The molecule has 6 nitrogen and oxygen atoms in total. The van der Waals surface area contributed by atoms with E-state index in [-0.39, 0.29) is 18.5 Å². The van der Waals surface area contributed by atoms with E-state index in [2.05, 4.69) is 31.3 Å². The Bertz CT molecular complexity index is 1350. The van der Waals surface area contributed by atoms with Crippen molar-refractivity contribution in [2.45, 2.75) is 495 Å². The van der Waals surface area contributed by atoms with Gasteiger partial charge in [0.1, 0.15) is 0 Å². The zero-order chi connectivity index (χ0) is 64.2. The number of carbonyl (C=O) groups is 2. The highest BCUT2D eigenvalue weighted by Gasteiger charge is 2.20. The molecule has 0 radical (unpaired) electrons. The second-order valence-electron chi connectivity index (χ2n) is 28.8. The standard InChI is InChI=1S/C83H163NO5/c1-3-5-7-9-11-13-15-17-19-21-44-47-51-55-59-63-67-71-75-81(86)80(79-85)84-82(87)76-72-68-64-60-56-52-48-45-41-39-37-35-33-31-29-27-25-23-22-24-26-28-30-32-34-36-38-40-42-46-50-54-58-62-66-70-74-78-89-83(88)77-73-69-65-61-57-53-49-43-20-18-16-14-12-10-8-6-4-2/h18,20,80-81,85-86H,3-17,19,21-79H2,1-2H3,(H,84,87)/b20-18-. The Morgan fingerprint density at radius 2 is 0.528 bits per heavy atom. The van der Waals surface area contributed by atoms with Crippen molar-refractivity contribution in [2.75, 3.05) is 13.2 Å². The van der Waals surface area contributed by atoms with Crippen molar-refractivity contribution in [1.29, 1.82) is 0 Å². The summed E-state index contributed by atoms with van der Waals surface area (Å²) in [6.45, 7) is 5.01. The molecule has 1 amide bonds. The molecule has 0 aromatic rings. The summed E-state index contributed by atoms with van der Waals surface area (Å²) < 4.78 is 5.51. The molecule has 0 aromatic carbocycles. The van der Waals surface area contributed by atoms with Crippen molar-refractivity contribution in [1.82, 2.24) is 5.32 Å². The van der Waals surface area contributed by atoms with Crippen LogP contribution >= 0.6 is 0 Å². The maximum absolute atomic E-state index is 12.6. The van der Waals surface area contributed by atoms with Crippen molar-refractivity contribution >= 4 is 11.9 Å². The molecule has 0 aromatic heterocycles.